The number of hydrogen-bond donors (Lipinski definition) is 0. The first kappa shape index (κ1) is 18.8. The van der Waals surface area contributed by atoms with Gasteiger partial charge >= 0.3 is 0 Å². The van der Waals surface area contributed by atoms with E-state index < -0.39 is 5.41 Å². The highest BCUT2D eigenvalue weighted by Gasteiger charge is 2.58. The smallest absolute Gasteiger partial charge is 0.260 e. The van der Waals surface area contributed by atoms with E-state index in [0.29, 0.717) is 5.56 Å². The molecule has 2 unspecified atom stereocenters. The third-order valence-corrected chi connectivity index (χ3v) is 6.93. The number of nitrogens with zero attached hydrogens (tertiary/aromatic N) is 1. The molecule has 154 valence electrons. The van der Waals surface area contributed by atoms with Crippen molar-refractivity contribution in [3.63, 3.8) is 0 Å². The minimum atomic E-state index is -0.969. The molecule has 2 aliphatic carbocycles. The number of likely N-dealkylation sites (N-methyl/N-ethyl adjacent to an activating group) is 1. The predicted molar refractivity (Wildman–Crippen MR) is 127 cm³/mol. The summed E-state index contributed by atoms with van der Waals surface area (Å²) in [5.74, 6) is -0.610. The molecule has 0 radical (unpaired) electrons. The van der Waals surface area contributed by atoms with E-state index in [4.69, 9.17) is 0 Å². The van der Waals surface area contributed by atoms with Gasteiger partial charge in [-0.3, -0.25) is 14.5 Å². The molecule has 3 heteroatoms. The van der Waals surface area contributed by atoms with Gasteiger partial charge in [0, 0.05) is 18.5 Å². The van der Waals surface area contributed by atoms with E-state index in [1.54, 1.807) is 7.05 Å². The molecule has 3 nitrogen and oxygen atoms in total. The van der Waals surface area contributed by atoms with Crippen LogP contribution in [-0.4, -0.2) is 23.8 Å². The average Bonchev–Trinajstić information content (AvgIpc) is 2.86. The molecule has 0 fully saturated rings. The maximum atomic E-state index is 14.1. The lowest BCUT2D eigenvalue weighted by molar-refractivity contribution is -0.133. The van der Waals surface area contributed by atoms with Crippen molar-refractivity contribution in [1.29, 1.82) is 0 Å². The van der Waals surface area contributed by atoms with E-state index in [0.717, 1.165) is 33.4 Å². The maximum Gasteiger partial charge on any atom is 0.260 e. The topological polar surface area (TPSA) is 37.4 Å². The number of imide groups is 1. The van der Waals surface area contributed by atoms with Gasteiger partial charge in [-0.2, -0.15) is 0 Å². The van der Waals surface area contributed by atoms with E-state index in [2.05, 4.69) is 48.6 Å². The number of carbonyl (C=O) groups excluding carboxylic acids is 2. The minimum Gasteiger partial charge on any atom is -0.281 e. The lowest BCUT2D eigenvalue weighted by Crippen LogP contribution is -2.57. The molecule has 32 heavy (non-hydrogen) atoms. The van der Waals surface area contributed by atoms with E-state index in [9.17, 15) is 9.59 Å². The molecule has 6 rings (SSSR count). The number of benzene rings is 3. The van der Waals surface area contributed by atoms with E-state index in [1.807, 2.05) is 54.6 Å². The Bertz CT molecular complexity index is 1360. The Morgan fingerprint density at radius 1 is 0.812 bits per heavy atom. The van der Waals surface area contributed by atoms with Gasteiger partial charge < -0.3 is 0 Å². The fourth-order valence-electron chi connectivity index (χ4n) is 5.49. The predicted octanol–water partition coefficient (Wildman–Crippen LogP) is 5.36. The molecule has 1 aliphatic heterocycles. The molecule has 2 amide bonds. The quantitative estimate of drug-likeness (QED) is 0.529. The number of carbonyl (C=O) groups is 2. The van der Waals surface area contributed by atoms with Crippen molar-refractivity contribution in [3.8, 4) is 0 Å². The number of amides is 2. The van der Waals surface area contributed by atoms with Crippen LogP contribution in [-0.2, 0) is 10.2 Å². The SMILES string of the molecule is CN1C(=O)c2cccc3c2C2(C1=O)C(c1ccccc1)=CC(c1ccccc1)=CC2C=C3. The van der Waals surface area contributed by atoms with Gasteiger partial charge in [-0.1, -0.05) is 91.0 Å². The van der Waals surface area contributed by atoms with Crippen molar-refractivity contribution < 1.29 is 9.59 Å². The van der Waals surface area contributed by atoms with E-state index in [-0.39, 0.29) is 17.7 Å². The van der Waals surface area contributed by atoms with Crippen molar-refractivity contribution in [2.45, 2.75) is 5.41 Å². The second kappa shape index (κ2) is 6.76. The zero-order valence-electron chi connectivity index (χ0n) is 17.7. The fourth-order valence-corrected chi connectivity index (χ4v) is 5.49. The Hall–Kier alpha value is -3.98. The molecule has 1 heterocycles. The molecule has 2 atom stereocenters. The number of rotatable bonds is 2. The lowest BCUT2D eigenvalue weighted by atomic mass is 9.55. The molecule has 0 saturated heterocycles. The van der Waals surface area contributed by atoms with Gasteiger partial charge in [-0.15, -0.1) is 0 Å². The fraction of sp³-hybridized carbons (Fsp3) is 0.103. The zero-order chi connectivity index (χ0) is 21.9. The zero-order valence-corrected chi connectivity index (χ0v) is 17.7. The molecule has 0 N–H and O–H groups in total. The van der Waals surface area contributed by atoms with Crippen LogP contribution >= 0.6 is 0 Å². The summed E-state index contributed by atoms with van der Waals surface area (Å²) in [7, 11) is 1.60. The third-order valence-electron chi connectivity index (χ3n) is 6.93. The minimum absolute atomic E-state index is 0.171. The van der Waals surface area contributed by atoms with Gasteiger partial charge in [-0.25, -0.2) is 0 Å². The average molecular weight is 415 g/mol. The maximum absolute atomic E-state index is 14.1. The first-order valence-electron chi connectivity index (χ1n) is 10.8. The normalized spacial score (nSPS) is 23.3. The summed E-state index contributed by atoms with van der Waals surface area (Å²) in [6.45, 7) is 0. The number of hydrogen-bond acceptors (Lipinski definition) is 2. The summed E-state index contributed by atoms with van der Waals surface area (Å²) in [6, 6.07) is 26.1. The third kappa shape index (κ3) is 2.36. The summed E-state index contributed by atoms with van der Waals surface area (Å²) in [5, 5.41) is 0. The molecular formula is C29H21NO2. The Morgan fingerprint density at radius 3 is 2.22 bits per heavy atom. The second-order valence-electron chi connectivity index (χ2n) is 8.54. The summed E-state index contributed by atoms with van der Waals surface area (Å²) < 4.78 is 0. The van der Waals surface area contributed by atoms with E-state index >= 15 is 0 Å². The second-order valence-corrected chi connectivity index (χ2v) is 8.54. The van der Waals surface area contributed by atoms with Gasteiger partial charge in [0.2, 0.25) is 5.91 Å². The van der Waals surface area contributed by atoms with Crippen LogP contribution < -0.4 is 0 Å². The van der Waals surface area contributed by atoms with Gasteiger partial charge in [0.25, 0.3) is 5.91 Å². The van der Waals surface area contributed by atoms with Gasteiger partial charge in [0.1, 0.15) is 5.41 Å². The Balaban J connectivity index is 1.72. The lowest BCUT2D eigenvalue weighted by Gasteiger charge is -2.49. The molecule has 3 aliphatic rings. The highest BCUT2D eigenvalue weighted by molar-refractivity contribution is 6.20. The summed E-state index contributed by atoms with van der Waals surface area (Å²) in [4.78, 5) is 28.5. The summed E-state index contributed by atoms with van der Waals surface area (Å²) in [6.07, 6.45) is 8.50. The van der Waals surface area contributed by atoms with Crippen LogP contribution in [0.3, 0.4) is 0 Å². The summed E-state index contributed by atoms with van der Waals surface area (Å²) in [5.41, 5.74) is 5.53. The first-order valence-corrected chi connectivity index (χ1v) is 10.8. The Kier molecular flexibility index (Phi) is 3.96. The van der Waals surface area contributed by atoms with Crippen LogP contribution in [0.25, 0.3) is 17.2 Å². The molecule has 1 spiro atoms. The van der Waals surface area contributed by atoms with Crippen LogP contribution in [0.2, 0.25) is 0 Å². The largest absolute Gasteiger partial charge is 0.281 e. The van der Waals surface area contributed by atoms with Crippen LogP contribution in [0.15, 0.2) is 97.1 Å². The molecule has 0 aromatic heterocycles. The van der Waals surface area contributed by atoms with Crippen molar-refractivity contribution in [2.75, 3.05) is 7.05 Å². The Morgan fingerprint density at radius 2 is 1.50 bits per heavy atom. The van der Waals surface area contributed by atoms with Gasteiger partial charge in [-0.05, 0) is 45.5 Å². The van der Waals surface area contributed by atoms with Crippen molar-refractivity contribution in [1.82, 2.24) is 4.90 Å². The highest BCUT2D eigenvalue weighted by Crippen LogP contribution is 2.56. The van der Waals surface area contributed by atoms with Crippen LogP contribution in [0, 0.1) is 5.92 Å². The van der Waals surface area contributed by atoms with Crippen LogP contribution in [0.4, 0.5) is 0 Å². The Labute approximate surface area is 187 Å². The van der Waals surface area contributed by atoms with Crippen LogP contribution in [0.1, 0.15) is 32.6 Å². The monoisotopic (exact) mass is 415 g/mol. The number of allylic oxidation sites excluding steroid dienone is 4. The first-order chi connectivity index (χ1) is 15.6. The van der Waals surface area contributed by atoms with Crippen LogP contribution in [0.5, 0.6) is 0 Å². The van der Waals surface area contributed by atoms with Gasteiger partial charge in [0.15, 0.2) is 0 Å². The van der Waals surface area contributed by atoms with Crippen molar-refractivity contribution >= 4 is 29.0 Å². The van der Waals surface area contributed by atoms with E-state index in [1.165, 1.54) is 4.90 Å². The molecular weight excluding hydrogens is 394 g/mol. The molecule has 0 saturated carbocycles. The van der Waals surface area contributed by atoms with Crippen molar-refractivity contribution in [2.24, 2.45) is 5.92 Å². The molecule has 3 aromatic carbocycles. The summed E-state index contributed by atoms with van der Waals surface area (Å²) >= 11 is 0. The van der Waals surface area contributed by atoms with Crippen molar-refractivity contribution in [3.05, 3.63) is 125 Å². The molecule has 3 aromatic rings. The van der Waals surface area contributed by atoms with Gasteiger partial charge in [0.05, 0.1) is 0 Å². The standard InChI is InChI=1S/C29H21NO2/c1-30-27(31)24-14-8-13-21-15-16-23-17-22(19-9-4-2-5-10-19)18-25(20-11-6-3-7-12-20)29(23,26(21)24)28(30)32/h2-18,23H,1H3. The highest BCUT2D eigenvalue weighted by atomic mass is 16.2. The molecule has 0 bridgehead atoms.